The van der Waals surface area contributed by atoms with E-state index < -0.39 is 17.8 Å². The first kappa shape index (κ1) is 12.1. The van der Waals surface area contributed by atoms with Gasteiger partial charge in [0.05, 0.1) is 6.08 Å². The van der Waals surface area contributed by atoms with Crippen LogP contribution in [0.3, 0.4) is 0 Å². The Bertz CT molecular complexity index is 398. The fraction of sp³-hybridized carbons (Fsp3) is 0.100. The van der Waals surface area contributed by atoms with Gasteiger partial charge in [-0.25, -0.2) is 0 Å². The molecule has 1 amide bonds. The Kier molecular flexibility index (Phi) is 3.55. The molecule has 1 aromatic rings. The zero-order valence-corrected chi connectivity index (χ0v) is 7.95. The van der Waals surface area contributed by atoms with Crippen molar-refractivity contribution in [3.8, 4) is 0 Å². The summed E-state index contributed by atoms with van der Waals surface area (Å²) in [6.45, 7) is 0. The zero-order valence-electron chi connectivity index (χ0n) is 7.95. The van der Waals surface area contributed by atoms with Gasteiger partial charge in [-0.15, -0.1) is 0 Å². The van der Waals surface area contributed by atoms with E-state index in [1.54, 1.807) is 18.2 Å². The number of hydrogen-bond acceptors (Lipinski definition) is 2. The minimum atomic E-state index is -4.91. The number of alkyl halides is 3. The molecule has 0 spiro atoms. The molecule has 0 saturated heterocycles. The molecule has 0 heterocycles. The molecule has 0 bridgehead atoms. The number of hydrogen-bond donors (Lipinski definition) is 2. The van der Waals surface area contributed by atoms with E-state index in [-0.39, 0.29) is 6.08 Å². The number of anilines is 1. The summed E-state index contributed by atoms with van der Waals surface area (Å²) < 4.78 is 35.5. The lowest BCUT2D eigenvalue weighted by atomic mass is 10.3. The first-order valence-corrected chi connectivity index (χ1v) is 4.23. The highest BCUT2D eigenvalue weighted by Gasteiger charge is 2.34. The maximum Gasteiger partial charge on any atom is 0.448 e. The number of benzene rings is 1. The normalized spacial score (nSPS) is 12.3. The topological polar surface area (TPSA) is 49.3 Å². The predicted octanol–water partition coefficient (Wildman–Crippen LogP) is 2.63. The Labute approximate surface area is 89.2 Å². The molecule has 0 aliphatic heterocycles. The van der Waals surface area contributed by atoms with E-state index in [1.165, 1.54) is 12.1 Å². The average molecular weight is 231 g/mol. The largest absolute Gasteiger partial charge is 0.504 e. The van der Waals surface area contributed by atoms with Crippen molar-refractivity contribution in [1.82, 2.24) is 0 Å². The molecule has 16 heavy (non-hydrogen) atoms. The molecule has 0 aliphatic rings. The van der Waals surface area contributed by atoms with E-state index >= 15 is 0 Å². The summed E-state index contributed by atoms with van der Waals surface area (Å²) in [7, 11) is 0. The number of amides is 1. The van der Waals surface area contributed by atoms with Crippen molar-refractivity contribution in [3.63, 3.8) is 0 Å². The Hall–Kier alpha value is -1.98. The van der Waals surface area contributed by atoms with Crippen molar-refractivity contribution in [1.29, 1.82) is 0 Å². The van der Waals surface area contributed by atoms with Crippen molar-refractivity contribution in [2.45, 2.75) is 6.18 Å². The van der Waals surface area contributed by atoms with Crippen LogP contribution in [0.15, 0.2) is 42.2 Å². The van der Waals surface area contributed by atoms with Gasteiger partial charge in [0, 0.05) is 5.69 Å². The van der Waals surface area contributed by atoms with E-state index in [2.05, 4.69) is 5.32 Å². The van der Waals surface area contributed by atoms with Gasteiger partial charge in [0.15, 0.2) is 0 Å². The number of aliphatic hydroxyl groups excluding tert-OH is 1. The molecule has 0 fully saturated rings. The fourth-order valence-corrected chi connectivity index (χ4v) is 0.906. The first-order valence-electron chi connectivity index (χ1n) is 4.23. The highest BCUT2D eigenvalue weighted by atomic mass is 19.4. The lowest BCUT2D eigenvalue weighted by Gasteiger charge is -2.05. The number of halogens is 3. The number of carbonyl (C=O) groups is 1. The van der Waals surface area contributed by atoms with Gasteiger partial charge >= 0.3 is 6.18 Å². The number of nitrogens with one attached hydrogen (secondary N) is 1. The standard InChI is InChI=1S/C10H8F3NO2/c11-10(12,13)8(15)6-9(16)14-7-4-2-1-3-5-7/h1-6,15H,(H,14,16)/b8-6-. The van der Waals surface area contributed by atoms with Crippen LogP contribution in [0.25, 0.3) is 0 Å². The van der Waals surface area contributed by atoms with Crippen LogP contribution >= 0.6 is 0 Å². The molecular formula is C10H8F3NO2. The number of allylic oxidation sites excluding steroid dienone is 1. The minimum absolute atomic E-state index is 0.0903. The predicted molar refractivity (Wildman–Crippen MR) is 51.8 cm³/mol. The van der Waals surface area contributed by atoms with Gasteiger partial charge in [0.25, 0.3) is 5.91 Å². The molecule has 0 atom stereocenters. The Balaban J connectivity index is 2.68. The Morgan fingerprint density at radius 3 is 2.31 bits per heavy atom. The van der Waals surface area contributed by atoms with Crippen LogP contribution in [0.2, 0.25) is 0 Å². The van der Waals surface area contributed by atoms with Gasteiger partial charge in [-0.1, -0.05) is 18.2 Å². The molecule has 0 saturated carbocycles. The van der Waals surface area contributed by atoms with Crippen LogP contribution in [0.4, 0.5) is 18.9 Å². The molecule has 86 valence electrons. The number of aliphatic hydroxyl groups is 1. The number of carbonyl (C=O) groups excluding carboxylic acids is 1. The molecule has 2 N–H and O–H groups in total. The SMILES string of the molecule is O=C(/C=C(\O)C(F)(F)F)Nc1ccccc1. The third-order valence-corrected chi connectivity index (χ3v) is 1.60. The highest BCUT2D eigenvalue weighted by molar-refractivity contribution is 5.99. The molecule has 0 radical (unpaired) electrons. The Morgan fingerprint density at radius 1 is 1.25 bits per heavy atom. The maximum atomic E-state index is 11.8. The van der Waals surface area contributed by atoms with Crippen LogP contribution in [-0.2, 0) is 4.79 Å². The second-order valence-electron chi connectivity index (χ2n) is 2.88. The third-order valence-electron chi connectivity index (χ3n) is 1.60. The zero-order chi connectivity index (χ0) is 12.2. The smallest absolute Gasteiger partial charge is 0.448 e. The van der Waals surface area contributed by atoms with Gasteiger partial charge in [0.2, 0.25) is 5.76 Å². The monoisotopic (exact) mass is 231 g/mol. The van der Waals surface area contributed by atoms with Crippen LogP contribution < -0.4 is 5.32 Å². The lowest BCUT2D eigenvalue weighted by Crippen LogP contribution is -2.16. The van der Waals surface area contributed by atoms with Gasteiger partial charge in [-0.05, 0) is 12.1 Å². The maximum absolute atomic E-state index is 11.8. The van der Waals surface area contributed by atoms with E-state index in [0.29, 0.717) is 5.69 Å². The lowest BCUT2D eigenvalue weighted by molar-refractivity contribution is -0.124. The number of para-hydroxylation sites is 1. The van der Waals surface area contributed by atoms with Crippen LogP contribution in [0.1, 0.15) is 0 Å². The molecule has 3 nitrogen and oxygen atoms in total. The molecule has 0 unspecified atom stereocenters. The summed E-state index contributed by atoms with van der Waals surface area (Å²) in [6.07, 6.45) is -4.82. The second-order valence-corrected chi connectivity index (χ2v) is 2.88. The fourth-order valence-electron chi connectivity index (χ4n) is 0.906. The average Bonchev–Trinajstić information content (AvgIpc) is 2.17. The molecule has 1 rings (SSSR count). The molecular weight excluding hydrogens is 223 g/mol. The van der Waals surface area contributed by atoms with E-state index in [0.717, 1.165) is 0 Å². The molecule has 1 aromatic carbocycles. The van der Waals surface area contributed by atoms with Gasteiger partial charge in [0.1, 0.15) is 0 Å². The van der Waals surface area contributed by atoms with Gasteiger partial charge < -0.3 is 10.4 Å². The van der Waals surface area contributed by atoms with Crippen molar-refractivity contribution in [3.05, 3.63) is 42.2 Å². The summed E-state index contributed by atoms with van der Waals surface area (Å²) >= 11 is 0. The highest BCUT2D eigenvalue weighted by Crippen LogP contribution is 2.22. The van der Waals surface area contributed by atoms with Crippen LogP contribution in [0.5, 0.6) is 0 Å². The third kappa shape index (κ3) is 3.64. The Morgan fingerprint density at radius 2 is 1.81 bits per heavy atom. The molecule has 0 aliphatic carbocycles. The van der Waals surface area contributed by atoms with Crippen molar-refractivity contribution < 1.29 is 23.1 Å². The van der Waals surface area contributed by atoms with E-state index in [9.17, 15) is 18.0 Å². The first-order chi connectivity index (χ1) is 7.39. The summed E-state index contributed by atoms with van der Waals surface area (Å²) in [5.74, 6) is -2.97. The van der Waals surface area contributed by atoms with E-state index in [4.69, 9.17) is 5.11 Å². The summed E-state index contributed by atoms with van der Waals surface area (Å²) in [4.78, 5) is 11.0. The minimum Gasteiger partial charge on any atom is -0.504 e. The van der Waals surface area contributed by atoms with Crippen LogP contribution in [0, 0.1) is 0 Å². The summed E-state index contributed by atoms with van der Waals surface area (Å²) in [5.41, 5.74) is 0.346. The van der Waals surface area contributed by atoms with Crippen molar-refractivity contribution in [2.75, 3.05) is 5.32 Å². The van der Waals surface area contributed by atoms with Crippen molar-refractivity contribution in [2.24, 2.45) is 0 Å². The van der Waals surface area contributed by atoms with Crippen LogP contribution in [-0.4, -0.2) is 17.2 Å². The quantitative estimate of drug-likeness (QED) is 0.607. The molecule has 6 heteroatoms. The van der Waals surface area contributed by atoms with E-state index in [1.807, 2.05) is 0 Å². The van der Waals surface area contributed by atoms with Gasteiger partial charge in [-0.2, -0.15) is 13.2 Å². The van der Waals surface area contributed by atoms with Crippen molar-refractivity contribution >= 4 is 11.6 Å². The second kappa shape index (κ2) is 4.69. The summed E-state index contributed by atoms with van der Waals surface area (Å²) in [5, 5.41) is 10.7. The molecule has 0 aromatic heterocycles. The van der Waals surface area contributed by atoms with Gasteiger partial charge in [-0.3, -0.25) is 4.79 Å². The summed E-state index contributed by atoms with van der Waals surface area (Å²) in [6, 6.07) is 7.94. The number of rotatable bonds is 2.